The van der Waals surface area contributed by atoms with Crippen molar-refractivity contribution in [3.8, 4) is 0 Å². The van der Waals surface area contributed by atoms with E-state index in [1.807, 2.05) is 0 Å². The summed E-state index contributed by atoms with van der Waals surface area (Å²) in [7, 11) is 0. The third-order valence-corrected chi connectivity index (χ3v) is 1.42. The van der Waals surface area contributed by atoms with Gasteiger partial charge in [-0.2, -0.15) is 0 Å². The minimum absolute atomic E-state index is 0.889. The number of halogens is 3. The summed E-state index contributed by atoms with van der Waals surface area (Å²) >= 11 is 9.47. The zero-order chi connectivity index (χ0) is 7.65. The first kappa shape index (κ1) is 8.91. The maximum absolute atomic E-state index is 12.1. The van der Waals surface area contributed by atoms with Crippen molar-refractivity contribution in [1.82, 2.24) is 0 Å². The van der Waals surface area contributed by atoms with Gasteiger partial charge in [-0.3, -0.25) is 10.1 Å². The Balaban J connectivity index is 4.04. The van der Waals surface area contributed by atoms with E-state index in [1.165, 1.54) is 0 Å². The Kier molecular flexibility index (Phi) is 2.64. The monoisotopic (exact) mass is 175 g/mol. The average Bonchev–Trinajstić information content (AvgIpc) is 1.62. The molecule has 0 bridgehead atoms. The zero-order valence-corrected chi connectivity index (χ0v) is 5.99. The first-order valence-corrected chi connectivity index (χ1v) is 2.81. The summed E-state index contributed by atoms with van der Waals surface area (Å²) in [5.41, 5.74) is 0. The summed E-state index contributed by atoms with van der Waals surface area (Å²) in [5.74, 6) is 0. The first-order valence-electron chi connectivity index (χ1n) is 2.06. The Morgan fingerprint density at radius 3 is 2.11 bits per heavy atom. The Morgan fingerprint density at radius 1 is 1.78 bits per heavy atom. The summed E-state index contributed by atoms with van der Waals surface area (Å²) in [6.45, 7) is 0.986. The lowest BCUT2D eigenvalue weighted by atomic mass is 10.4. The van der Waals surface area contributed by atoms with Crippen molar-refractivity contribution in [2.75, 3.05) is 0 Å². The van der Waals surface area contributed by atoms with Crippen LogP contribution in [0.3, 0.4) is 0 Å². The van der Waals surface area contributed by atoms with Crippen LogP contribution in [0.1, 0.15) is 6.92 Å². The van der Waals surface area contributed by atoms with Crippen LogP contribution in [-0.4, -0.2) is 15.6 Å². The third kappa shape index (κ3) is 2.81. The van der Waals surface area contributed by atoms with Crippen LogP contribution in [0, 0.1) is 10.1 Å². The smallest absolute Gasteiger partial charge is 0.264 e. The van der Waals surface area contributed by atoms with Gasteiger partial charge >= 0.3 is 4.59 Å². The van der Waals surface area contributed by atoms with E-state index in [1.54, 1.807) is 0 Å². The van der Waals surface area contributed by atoms with E-state index >= 15 is 0 Å². The van der Waals surface area contributed by atoms with Crippen LogP contribution in [-0.2, 0) is 0 Å². The van der Waals surface area contributed by atoms with Gasteiger partial charge in [0.25, 0.3) is 6.04 Å². The Morgan fingerprint density at radius 2 is 2.11 bits per heavy atom. The van der Waals surface area contributed by atoms with Gasteiger partial charge in [-0.25, -0.2) is 4.39 Å². The molecule has 1 atom stereocenters. The van der Waals surface area contributed by atoms with Crippen molar-refractivity contribution in [2.45, 2.75) is 17.6 Å². The van der Waals surface area contributed by atoms with Crippen molar-refractivity contribution in [2.24, 2.45) is 0 Å². The summed E-state index contributed by atoms with van der Waals surface area (Å²) in [5, 5.41) is 9.74. The van der Waals surface area contributed by atoms with Crippen LogP contribution < -0.4 is 0 Å². The Bertz CT molecular complexity index is 123. The van der Waals surface area contributed by atoms with Gasteiger partial charge in [0, 0.05) is 11.8 Å². The Hall–Kier alpha value is -0.0900. The van der Waals surface area contributed by atoms with Crippen molar-refractivity contribution in [3.63, 3.8) is 0 Å². The molecular formula is C3H4Cl2FNO2. The lowest BCUT2D eigenvalue weighted by Crippen LogP contribution is -2.30. The third-order valence-electron chi connectivity index (χ3n) is 0.790. The molecule has 0 N–H and O–H groups in total. The van der Waals surface area contributed by atoms with Gasteiger partial charge < -0.3 is 0 Å². The van der Waals surface area contributed by atoms with Crippen LogP contribution >= 0.6 is 23.2 Å². The number of hydrogen-bond donors (Lipinski definition) is 0. The largest absolute Gasteiger partial charge is 0.324 e. The molecule has 54 valence electrons. The van der Waals surface area contributed by atoms with E-state index in [0.717, 1.165) is 6.92 Å². The van der Waals surface area contributed by atoms with E-state index in [2.05, 4.69) is 0 Å². The minimum atomic E-state index is -2.77. The molecule has 3 nitrogen and oxygen atoms in total. The van der Waals surface area contributed by atoms with Gasteiger partial charge in [0.15, 0.2) is 0 Å². The lowest BCUT2D eigenvalue weighted by Gasteiger charge is -2.09. The summed E-state index contributed by atoms with van der Waals surface area (Å²) in [6, 6.07) is -1.60. The highest BCUT2D eigenvalue weighted by molar-refractivity contribution is 6.47. The highest BCUT2D eigenvalue weighted by Gasteiger charge is 2.40. The van der Waals surface area contributed by atoms with Crippen molar-refractivity contribution in [3.05, 3.63) is 10.1 Å². The molecule has 0 aliphatic heterocycles. The zero-order valence-electron chi connectivity index (χ0n) is 4.47. The fourth-order valence-electron chi connectivity index (χ4n) is 0.120. The average molecular weight is 176 g/mol. The summed E-state index contributed by atoms with van der Waals surface area (Å²) < 4.78 is 9.35. The van der Waals surface area contributed by atoms with Gasteiger partial charge in [0.2, 0.25) is 0 Å². The molecule has 0 aromatic heterocycles. The molecule has 0 amide bonds. The van der Waals surface area contributed by atoms with E-state index in [9.17, 15) is 14.5 Å². The maximum Gasteiger partial charge on any atom is 0.324 e. The molecule has 0 radical (unpaired) electrons. The number of rotatable bonds is 2. The van der Waals surface area contributed by atoms with Crippen LogP contribution in [0.15, 0.2) is 0 Å². The van der Waals surface area contributed by atoms with Crippen molar-refractivity contribution < 1.29 is 9.31 Å². The topological polar surface area (TPSA) is 43.1 Å². The second-order valence-corrected chi connectivity index (χ2v) is 2.80. The van der Waals surface area contributed by atoms with Crippen LogP contribution in [0.5, 0.6) is 0 Å². The predicted molar refractivity (Wildman–Crippen MR) is 32.0 cm³/mol. The van der Waals surface area contributed by atoms with Crippen LogP contribution in [0.25, 0.3) is 0 Å². The van der Waals surface area contributed by atoms with Gasteiger partial charge in [-0.05, 0) is 0 Å². The molecule has 9 heavy (non-hydrogen) atoms. The summed E-state index contributed by atoms with van der Waals surface area (Å²) in [4.78, 5) is 8.85. The molecule has 0 aromatic carbocycles. The van der Waals surface area contributed by atoms with Gasteiger partial charge in [-0.15, -0.1) is 0 Å². The molecule has 0 aromatic rings. The molecule has 0 saturated carbocycles. The maximum atomic E-state index is 12.1. The predicted octanol–water partition coefficient (Wildman–Crippen LogP) is 1.75. The molecule has 1 unspecified atom stereocenters. The summed E-state index contributed by atoms with van der Waals surface area (Å²) in [6.07, 6.45) is 0. The van der Waals surface area contributed by atoms with Gasteiger partial charge in [-0.1, -0.05) is 23.2 Å². The van der Waals surface area contributed by atoms with E-state index in [4.69, 9.17) is 23.2 Å². The molecule has 0 aliphatic rings. The molecule has 0 saturated heterocycles. The molecular weight excluding hydrogens is 172 g/mol. The molecule has 0 aliphatic carbocycles. The number of nitrogens with zero attached hydrogens (tertiary/aromatic N) is 1. The quantitative estimate of drug-likeness (QED) is 0.365. The second-order valence-electron chi connectivity index (χ2n) is 1.50. The molecule has 0 fully saturated rings. The highest BCUT2D eigenvalue weighted by atomic mass is 35.5. The SMILES string of the molecule is CC([N+](=O)[O-])C(F)(Cl)Cl. The number of alkyl halides is 3. The molecule has 0 rings (SSSR count). The standard InChI is InChI=1S/C3H4Cl2FNO2/c1-2(7(8)9)3(4,5)6/h2H,1H3. The number of hydrogen-bond acceptors (Lipinski definition) is 2. The van der Waals surface area contributed by atoms with Crippen LogP contribution in [0.4, 0.5) is 4.39 Å². The molecule has 0 spiro atoms. The van der Waals surface area contributed by atoms with Crippen molar-refractivity contribution >= 4 is 23.2 Å². The fourth-order valence-corrected chi connectivity index (χ4v) is 0.279. The minimum Gasteiger partial charge on any atom is -0.264 e. The van der Waals surface area contributed by atoms with Crippen LogP contribution in [0.2, 0.25) is 0 Å². The first-order chi connectivity index (χ1) is 3.85. The van der Waals surface area contributed by atoms with Gasteiger partial charge in [0.1, 0.15) is 0 Å². The molecule has 0 heterocycles. The number of nitro groups is 1. The normalized spacial score (nSPS) is 15.1. The fraction of sp³-hybridized carbons (Fsp3) is 1.00. The van der Waals surface area contributed by atoms with Gasteiger partial charge in [0.05, 0.1) is 0 Å². The van der Waals surface area contributed by atoms with Crippen molar-refractivity contribution in [1.29, 1.82) is 0 Å². The lowest BCUT2D eigenvalue weighted by molar-refractivity contribution is -0.525. The highest BCUT2D eigenvalue weighted by Crippen LogP contribution is 2.27. The molecule has 6 heteroatoms. The second kappa shape index (κ2) is 2.66. The van der Waals surface area contributed by atoms with E-state index in [0.29, 0.717) is 0 Å². The Labute approximate surface area is 60.9 Å². The van der Waals surface area contributed by atoms with E-state index < -0.39 is 15.6 Å². The van der Waals surface area contributed by atoms with E-state index in [-0.39, 0.29) is 0 Å².